The minimum Gasteiger partial charge on any atom is -0.462 e. The van der Waals surface area contributed by atoms with Gasteiger partial charge in [0.2, 0.25) is 0 Å². The maximum Gasteiger partial charge on any atom is 0.344 e. The van der Waals surface area contributed by atoms with Crippen LogP contribution in [0, 0.1) is 11.8 Å². The molecule has 0 aromatic heterocycles. The van der Waals surface area contributed by atoms with Crippen LogP contribution in [0.5, 0.6) is 0 Å². The molecule has 4 unspecified atom stereocenters. The van der Waals surface area contributed by atoms with Crippen molar-refractivity contribution >= 4 is 17.9 Å². The Morgan fingerprint density at radius 3 is 2.81 bits per heavy atom. The average Bonchev–Trinajstić information content (AvgIpc) is 2.58. The molecule has 7 heteroatoms. The zero-order chi connectivity index (χ0) is 15.0. The van der Waals surface area contributed by atoms with E-state index in [-0.39, 0.29) is 18.0 Å². The fourth-order valence-corrected chi connectivity index (χ4v) is 3.95. The van der Waals surface area contributed by atoms with Crippen LogP contribution in [0.25, 0.3) is 0 Å². The van der Waals surface area contributed by atoms with Crippen LogP contribution in [-0.2, 0) is 28.6 Å². The van der Waals surface area contributed by atoms with Crippen molar-refractivity contribution in [2.45, 2.75) is 43.8 Å². The van der Waals surface area contributed by atoms with Crippen molar-refractivity contribution in [2.24, 2.45) is 11.8 Å². The maximum absolute atomic E-state index is 11.9. The Labute approximate surface area is 121 Å². The third-order valence-corrected chi connectivity index (χ3v) is 4.52. The summed E-state index contributed by atoms with van der Waals surface area (Å²) in [7, 11) is 0. The van der Waals surface area contributed by atoms with Gasteiger partial charge in [-0.3, -0.25) is 4.79 Å². The lowest BCUT2D eigenvalue weighted by atomic mass is 9.65. The topological polar surface area (TPSA) is 99.1 Å². The molecule has 4 fully saturated rings. The standard InChI is InChI=1S/C14H18O7/c15-6-11(16)19-7-12(17)21-14-3-8-1-9(4-14)13(18)20-10(2-8)5-14/h8-10,15H,1-7H2. The van der Waals surface area contributed by atoms with Crippen LogP contribution in [0.2, 0.25) is 0 Å². The van der Waals surface area contributed by atoms with Crippen molar-refractivity contribution in [3.8, 4) is 0 Å². The van der Waals surface area contributed by atoms with Gasteiger partial charge in [-0.15, -0.1) is 0 Å². The van der Waals surface area contributed by atoms with Gasteiger partial charge in [0.15, 0.2) is 6.61 Å². The molecule has 2 saturated heterocycles. The van der Waals surface area contributed by atoms with Gasteiger partial charge in [0.25, 0.3) is 0 Å². The van der Waals surface area contributed by atoms with Crippen LogP contribution in [0.1, 0.15) is 32.1 Å². The molecule has 2 aliphatic heterocycles. The van der Waals surface area contributed by atoms with Crippen LogP contribution in [0.4, 0.5) is 0 Å². The van der Waals surface area contributed by atoms with Gasteiger partial charge in [0.1, 0.15) is 18.3 Å². The van der Waals surface area contributed by atoms with Crippen molar-refractivity contribution in [1.82, 2.24) is 0 Å². The van der Waals surface area contributed by atoms with Gasteiger partial charge in [-0.2, -0.15) is 0 Å². The first-order valence-corrected chi connectivity index (χ1v) is 7.18. The van der Waals surface area contributed by atoms with Crippen molar-refractivity contribution in [3.63, 3.8) is 0 Å². The van der Waals surface area contributed by atoms with E-state index in [1.165, 1.54) is 0 Å². The van der Waals surface area contributed by atoms with Crippen molar-refractivity contribution in [3.05, 3.63) is 0 Å². The number of ether oxygens (including phenoxy) is 3. The van der Waals surface area contributed by atoms with Crippen molar-refractivity contribution in [2.75, 3.05) is 13.2 Å². The zero-order valence-electron chi connectivity index (χ0n) is 11.6. The minimum atomic E-state index is -0.867. The van der Waals surface area contributed by atoms with Crippen LogP contribution in [-0.4, -0.2) is 47.9 Å². The molecule has 0 radical (unpaired) electrons. The van der Waals surface area contributed by atoms with Crippen LogP contribution >= 0.6 is 0 Å². The van der Waals surface area contributed by atoms with Gasteiger partial charge in [-0.05, 0) is 25.2 Å². The monoisotopic (exact) mass is 298 g/mol. The largest absolute Gasteiger partial charge is 0.462 e. The number of esters is 3. The SMILES string of the molecule is O=C(CO)OCC(=O)OC12CC3CC(C1)OC(=O)C(C3)C2. The highest BCUT2D eigenvalue weighted by Crippen LogP contribution is 2.51. The Bertz CT molecular complexity index is 474. The van der Waals surface area contributed by atoms with Gasteiger partial charge < -0.3 is 19.3 Å². The second-order valence-corrected chi connectivity index (χ2v) is 6.18. The second kappa shape index (κ2) is 5.29. The molecule has 2 heterocycles. The van der Waals surface area contributed by atoms with Gasteiger partial charge in [-0.25, -0.2) is 9.59 Å². The smallest absolute Gasteiger partial charge is 0.344 e. The summed E-state index contributed by atoms with van der Waals surface area (Å²) in [4.78, 5) is 34.6. The lowest BCUT2D eigenvalue weighted by molar-refractivity contribution is -0.182. The van der Waals surface area contributed by atoms with E-state index >= 15 is 0 Å². The molecule has 0 amide bonds. The van der Waals surface area contributed by atoms with Crippen LogP contribution in [0.3, 0.4) is 0 Å². The van der Waals surface area contributed by atoms with Crippen molar-refractivity contribution in [1.29, 1.82) is 0 Å². The molecule has 0 spiro atoms. The highest BCUT2D eigenvalue weighted by atomic mass is 16.6. The summed E-state index contributed by atoms with van der Waals surface area (Å²) >= 11 is 0. The Morgan fingerprint density at radius 2 is 2.05 bits per heavy atom. The predicted octanol–water partition coefficient (Wildman–Crippen LogP) is -0.0606. The third kappa shape index (κ3) is 2.88. The molecule has 4 bridgehead atoms. The Morgan fingerprint density at radius 1 is 1.24 bits per heavy atom. The highest BCUT2D eigenvalue weighted by Gasteiger charge is 2.54. The number of hydrogen-bond acceptors (Lipinski definition) is 7. The molecule has 0 aromatic rings. The highest BCUT2D eigenvalue weighted by molar-refractivity contribution is 5.77. The van der Waals surface area contributed by atoms with Crippen molar-refractivity contribution < 1.29 is 33.7 Å². The second-order valence-electron chi connectivity index (χ2n) is 6.18. The molecule has 4 rings (SSSR count). The normalized spacial score (nSPS) is 36.8. The molecule has 0 aromatic carbocycles. The number of carbonyl (C=O) groups excluding carboxylic acids is 3. The summed E-state index contributed by atoms with van der Waals surface area (Å²) in [5.74, 6) is -1.57. The summed E-state index contributed by atoms with van der Waals surface area (Å²) in [6, 6.07) is 0. The lowest BCUT2D eigenvalue weighted by Crippen LogP contribution is -2.48. The molecule has 21 heavy (non-hydrogen) atoms. The molecule has 7 nitrogen and oxygen atoms in total. The molecule has 2 aliphatic carbocycles. The number of aliphatic hydroxyl groups is 1. The minimum absolute atomic E-state index is 0.184. The Kier molecular flexibility index (Phi) is 3.61. The first kappa shape index (κ1) is 14.3. The number of aliphatic hydroxyl groups excluding tert-OH is 1. The predicted molar refractivity (Wildman–Crippen MR) is 66.8 cm³/mol. The van der Waals surface area contributed by atoms with Gasteiger partial charge in [0, 0.05) is 12.8 Å². The number of carbonyl (C=O) groups is 3. The van der Waals surface area contributed by atoms with E-state index in [1.807, 2.05) is 0 Å². The van der Waals surface area contributed by atoms with E-state index < -0.39 is 30.8 Å². The molecule has 2 saturated carbocycles. The van der Waals surface area contributed by atoms with E-state index in [9.17, 15) is 14.4 Å². The lowest BCUT2D eigenvalue weighted by Gasteiger charge is -2.45. The van der Waals surface area contributed by atoms with Gasteiger partial charge >= 0.3 is 17.9 Å². The first-order valence-electron chi connectivity index (χ1n) is 7.18. The summed E-state index contributed by atoms with van der Waals surface area (Å²) in [6.07, 6.45) is 3.19. The number of rotatable bonds is 4. The van der Waals surface area contributed by atoms with Crippen LogP contribution < -0.4 is 0 Å². The molecule has 4 aliphatic rings. The quantitative estimate of drug-likeness (QED) is 0.573. The maximum atomic E-state index is 11.9. The molecule has 116 valence electrons. The summed E-state index contributed by atoms with van der Waals surface area (Å²) in [6.45, 7) is -1.29. The fraction of sp³-hybridized carbons (Fsp3) is 0.786. The number of fused-ring (bicyclic) bond motifs is 1. The van der Waals surface area contributed by atoms with E-state index in [0.717, 1.165) is 19.3 Å². The Balaban J connectivity index is 1.66. The average molecular weight is 298 g/mol. The first-order chi connectivity index (χ1) is 9.99. The molecular weight excluding hydrogens is 280 g/mol. The van der Waals surface area contributed by atoms with E-state index in [2.05, 4.69) is 4.74 Å². The van der Waals surface area contributed by atoms with E-state index in [4.69, 9.17) is 14.6 Å². The zero-order valence-corrected chi connectivity index (χ0v) is 11.6. The summed E-state index contributed by atoms with van der Waals surface area (Å²) in [5, 5.41) is 8.54. The fourth-order valence-electron chi connectivity index (χ4n) is 3.95. The molecule has 1 N–H and O–H groups in total. The summed E-state index contributed by atoms with van der Waals surface area (Å²) in [5.41, 5.74) is -0.675. The molecule has 4 atom stereocenters. The van der Waals surface area contributed by atoms with E-state index in [0.29, 0.717) is 18.8 Å². The molecular formula is C14H18O7. The Hall–Kier alpha value is -1.63. The summed E-state index contributed by atoms with van der Waals surface area (Å²) < 4.78 is 15.5. The number of hydrogen-bond donors (Lipinski definition) is 1. The van der Waals surface area contributed by atoms with Crippen LogP contribution in [0.15, 0.2) is 0 Å². The third-order valence-electron chi connectivity index (χ3n) is 4.52. The van der Waals surface area contributed by atoms with Gasteiger partial charge in [0.05, 0.1) is 5.92 Å². The van der Waals surface area contributed by atoms with E-state index in [1.54, 1.807) is 0 Å². The van der Waals surface area contributed by atoms with Gasteiger partial charge in [-0.1, -0.05) is 0 Å².